The molecule has 0 aliphatic carbocycles. The third kappa shape index (κ3) is 1.27. The standard InChI is InChI=1S/C10H8F3N/c1-7-4-5-9(10(11,12)13)14-6-2-3-8(7)14/h2-6H,1H3. The second-order valence-corrected chi connectivity index (χ2v) is 3.16. The molecule has 0 aromatic carbocycles. The van der Waals surface area contributed by atoms with Gasteiger partial charge in [-0.1, -0.05) is 6.07 Å². The normalized spacial score (nSPS) is 12.3. The van der Waals surface area contributed by atoms with Crippen molar-refractivity contribution in [2.24, 2.45) is 0 Å². The maximum atomic E-state index is 12.5. The highest BCUT2D eigenvalue weighted by atomic mass is 19.4. The smallest absolute Gasteiger partial charge is 0.313 e. The molecule has 0 unspecified atom stereocenters. The summed E-state index contributed by atoms with van der Waals surface area (Å²) >= 11 is 0. The Morgan fingerprint density at radius 2 is 1.86 bits per heavy atom. The van der Waals surface area contributed by atoms with Crippen LogP contribution in [0.3, 0.4) is 0 Å². The van der Waals surface area contributed by atoms with Crippen LogP contribution in [0.5, 0.6) is 0 Å². The lowest BCUT2D eigenvalue weighted by molar-refractivity contribution is -0.142. The average Bonchev–Trinajstić information content (AvgIpc) is 2.50. The molecule has 0 bridgehead atoms. The van der Waals surface area contributed by atoms with E-state index in [2.05, 4.69) is 0 Å². The van der Waals surface area contributed by atoms with E-state index in [4.69, 9.17) is 0 Å². The van der Waals surface area contributed by atoms with E-state index >= 15 is 0 Å². The van der Waals surface area contributed by atoms with Crippen molar-refractivity contribution < 1.29 is 13.2 Å². The molecule has 2 aromatic rings. The molecule has 2 heterocycles. The maximum Gasteiger partial charge on any atom is 0.431 e. The van der Waals surface area contributed by atoms with Crippen molar-refractivity contribution in [3.63, 3.8) is 0 Å². The third-order valence-corrected chi connectivity index (χ3v) is 2.19. The molecule has 14 heavy (non-hydrogen) atoms. The van der Waals surface area contributed by atoms with Crippen LogP contribution in [0.25, 0.3) is 5.52 Å². The molecule has 0 saturated carbocycles. The van der Waals surface area contributed by atoms with Gasteiger partial charge in [-0.3, -0.25) is 0 Å². The van der Waals surface area contributed by atoms with Crippen molar-refractivity contribution >= 4 is 5.52 Å². The fourth-order valence-electron chi connectivity index (χ4n) is 1.51. The van der Waals surface area contributed by atoms with Crippen LogP contribution in [-0.2, 0) is 6.18 Å². The van der Waals surface area contributed by atoms with Gasteiger partial charge in [0.2, 0.25) is 0 Å². The number of aryl methyl sites for hydroxylation is 1. The average molecular weight is 199 g/mol. The zero-order valence-electron chi connectivity index (χ0n) is 7.47. The second-order valence-electron chi connectivity index (χ2n) is 3.16. The van der Waals surface area contributed by atoms with Gasteiger partial charge in [-0.15, -0.1) is 0 Å². The molecule has 74 valence electrons. The quantitative estimate of drug-likeness (QED) is 0.613. The summed E-state index contributed by atoms with van der Waals surface area (Å²) in [4.78, 5) is 0. The van der Waals surface area contributed by atoms with Gasteiger partial charge < -0.3 is 4.40 Å². The molecule has 0 aliphatic rings. The first kappa shape index (κ1) is 9.12. The van der Waals surface area contributed by atoms with E-state index in [1.807, 2.05) is 0 Å². The van der Waals surface area contributed by atoms with Crippen LogP contribution in [0.4, 0.5) is 13.2 Å². The SMILES string of the molecule is Cc1ccc(C(F)(F)F)n2cccc12. The molecule has 0 N–H and O–H groups in total. The molecule has 4 heteroatoms. The fourth-order valence-corrected chi connectivity index (χ4v) is 1.51. The summed E-state index contributed by atoms with van der Waals surface area (Å²) in [6, 6.07) is 5.86. The Bertz CT molecular complexity index is 468. The van der Waals surface area contributed by atoms with Crippen LogP contribution in [0.2, 0.25) is 0 Å². The summed E-state index contributed by atoms with van der Waals surface area (Å²) in [5, 5.41) is 0. The number of pyridine rings is 1. The Morgan fingerprint density at radius 3 is 2.50 bits per heavy atom. The summed E-state index contributed by atoms with van der Waals surface area (Å²) in [7, 11) is 0. The van der Waals surface area contributed by atoms with Crippen molar-refractivity contribution in [2.75, 3.05) is 0 Å². The number of rotatable bonds is 0. The first-order chi connectivity index (χ1) is 6.50. The molecule has 0 fully saturated rings. The minimum atomic E-state index is -4.30. The van der Waals surface area contributed by atoms with Crippen LogP contribution in [-0.4, -0.2) is 4.40 Å². The van der Waals surface area contributed by atoms with E-state index in [-0.39, 0.29) is 0 Å². The minimum absolute atomic E-state index is 0.597. The Hall–Kier alpha value is -1.45. The van der Waals surface area contributed by atoms with Gasteiger partial charge in [0.1, 0.15) is 5.69 Å². The molecule has 0 amide bonds. The van der Waals surface area contributed by atoms with Gasteiger partial charge >= 0.3 is 6.18 Å². The Morgan fingerprint density at radius 1 is 1.14 bits per heavy atom. The molecule has 0 radical (unpaired) electrons. The first-order valence-electron chi connectivity index (χ1n) is 4.14. The van der Waals surface area contributed by atoms with Gasteiger partial charge in [-0.25, -0.2) is 0 Å². The zero-order chi connectivity index (χ0) is 10.3. The summed E-state index contributed by atoms with van der Waals surface area (Å²) in [6.45, 7) is 1.79. The van der Waals surface area contributed by atoms with Crippen LogP contribution in [0.1, 0.15) is 11.3 Å². The molecular formula is C10H8F3N. The van der Waals surface area contributed by atoms with Crippen molar-refractivity contribution in [2.45, 2.75) is 13.1 Å². The number of nitrogens with zero attached hydrogens (tertiary/aromatic N) is 1. The monoisotopic (exact) mass is 199 g/mol. The number of alkyl halides is 3. The molecule has 0 atom stereocenters. The number of hydrogen-bond donors (Lipinski definition) is 0. The van der Waals surface area contributed by atoms with E-state index in [1.165, 1.54) is 12.3 Å². The van der Waals surface area contributed by atoms with E-state index in [1.54, 1.807) is 19.1 Å². The highest BCUT2D eigenvalue weighted by molar-refractivity contribution is 5.55. The highest BCUT2D eigenvalue weighted by Crippen LogP contribution is 2.30. The van der Waals surface area contributed by atoms with Crippen molar-refractivity contribution in [1.82, 2.24) is 4.40 Å². The lowest BCUT2D eigenvalue weighted by atomic mass is 10.2. The molecule has 0 spiro atoms. The minimum Gasteiger partial charge on any atom is -0.313 e. The third-order valence-electron chi connectivity index (χ3n) is 2.19. The van der Waals surface area contributed by atoms with E-state index < -0.39 is 11.9 Å². The van der Waals surface area contributed by atoms with Gasteiger partial charge in [0.15, 0.2) is 0 Å². The van der Waals surface area contributed by atoms with E-state index in [0.29, 0.717) is 5.52 Å². The van der Waals surface area contributed by atoms with Crippen LogP contribution < -0.4 is 0 Å². The predicted octanol–water partition coefficient (Wildman–Crippen LogP) is 3.27. The van der Waals surface area contributed by atoms with Crippen LogP contribution in [0, 0.1) is 6.92 Å². The van der Waals surface area contributed by atoms with Crippen molar-refractivity contribution in [3.8, 4) is 0 Å². The Kier molecular flexibility index (Phi) is 1.80. The number of fused-ring (bicyclic) bond motifs is 1. The van der Waals surface area contributed by atoms with Gasteiger partial charge in [0.05, 0.1) is 0 Å². The maximum absolute atomic E-state index is 12.5. The predicted molar refractivity (Wildman–Crippen MR) is 47.1 cm³/mol. The van der Waals surface area contributed by atoms with Gasteiger partial charge in [0.25, 0.3) is 0 Å². The van der Waals surface area contributed by atoms with Gasteiger partial charge in [-0.2, -0.15) is 13.2 Å². The summed E-state index contributed by atoms with van der Waals surface area (Å²) in [5.74, 6) is 0. The fraction of sp³-hybridized carbons (Fsp3) is 0.200. The zero-order valence-corrected chi connectivity index (χ0v) is 7.47. The summed E-state index contributed by atoms with van der Waals surface area (Å²) in [6.07, 6.45) is -2.88. The lowest BCUT2D eigenvalue weighted by Crippen LogP contribution is -2.10. The molecule has 2 rings (SSSR count). The van der Waals surface area contributed by atoms with Crippen molar-refractivity contribution in [1.29, 1.82) is 0 Å². The van der Waals surface area contributed by atoms with Gasteiger partial charge in [-0.05, 0) is 30.7 Å². The van der Waals surface area contributed by atoms with E-state index in [0.717, 1.165) is 16.0 Å². The molecule has 2 aromatic heterocycles. The molecular weight excluding hydrogens is 191 g/mol. The summed E-state index contributed by atoms with van der Waals surface area (Å²) < 4.78 is 38.7. The summed E-state index contributed by atoms with van der Waals surface area (Å²) in [5.41, 5.74) is 0.797. The van der Waals surface area contributed by atoms with Crippen molar-refractivity contribution in [3.05, 3.63) is 41.7 Å². The Balaban J connectivity index is 2.80. The number of halogens is 3. The number of hydrogen-bond acceptors (Lipinski definition) is 0. The second kappa shape index (κ2) is 2.77. The Labute approximate surface area is 78.8 Å². The number of aromatic nitrogens is 1. The van der Waals surface area contributed by atoms with E-state index in [9.17, 15) is 13.2 Å². The largest absolute Gasteiger partial charge is 0.431 e. The molecule has 0 saturated heterocycles. The first-order valence-corrected chi connectivity index (χ1v) is 4.14. The van der Waals surface area contributed by atoms with Gasteiger partial charge in [0, 0.05) is 11.7 Å². The van der Waals surface area contributed by atoms with Crippen LogP contribution in [0.15, 0.2) is 30.5 Å². The highest BCUT2D eigenvalue weighted by Gasteiger charge is 2.33. The lowest BCUT2D eigenvalue weighted by Gasteiger charge is -2.10. The molecule has 1 nitrogen and oxygen atoms in total. The molecule has 0 aliphatic heterocycles. The topological polar surface area (TPSA) is 4.41 Å². The van der Waals surface area contributed by atoms with Crippen LogP contribution >= 0.6 is 0 Å².